The summed E-state index contributed by atoms with van der Waals surface area (Å²) in [5.74, 6) is 1.06. The Hall–Kier alpha value is -3.61. The first-order valence-corrected chi connectivity index (χ1v) is 9.74. The van der Waals surface area contributed by atoms with Gasteiger partial charge in [0.15, 0.2) is 0 Å². The van der Waals surface area contributed by atoms with Gasteiger partial charge in [-0.15, -0.1) is 0 Å². The highest BCUT2D eigenvalue weighted by atomic mass is 16.5. The van der Waals surface area contributed by atoms with E-state index in [1.54, 1.807) is 43.3 Å². The number of aryl methyl sites for hydroxylation is 2. The van der Waals surface area contributed by atoms with Crippen molar-refractivity contribution in [2.75, 3.05) is 10.6 Å². The number of nitrogens with zero attached hydrogens (tertiary/aromatic N) is 1. The molecule has 0 saturated carbocycles. The van der Waals surface area contributed by atoms with Gasteiger partial charge in [0.05, 0.1) is 11.3 Å². The molecule has 0 aliphatic heterocycles. The van der Waals surface area contributed by atoms with Crippen LogP contribution in [0.25, 0.3) is 0 Å². The Morgan fingerprint density at radius 1 is 1.00 bits per heavy atom. The Labute approximate surface area is 175 Å². The van der Waals surface area contributed by atoms with E-state index in [1.807, 2.05) is 26.8 Å². The first kappa shape index (κ1) is 21.1. The van der Waals surface area contributed by atoms with Crippen LogP contribution in [0.15, 0.2) is 47.0 Å². The van der Waals surface area contributed by atoms with Gasteiger partial charge < -0.3 is 19.9 Å². The van der Waals surface area contributed by atoms with Crippen LogP contribution in [0.5, 0.6) is 5.75 Å². The van der Waals surface area contributed by atoms with Crippen LogP contribution in [-0.2, 0) is 11.4 Å². The van der Waals surface area contributed by atoms with Crippen LogP contribution in [0, 0.1) is 20.8 Å². The van der Waals surface area contributed by atoms with E-state index in [0.29, 0.717) is 35.7 Å². The second-order valence-electron chi connectivity index (χ2n) is 6.95. The van der Waals surface area contributed by atoms with Gasteiger partial charge >= 0.3 is 0 Å². The molecular formula is C23H25N3O4. The van der Waals surface area contributed by atoms with E-state index >= 15 is 0 Å². The first-order chi connectivity index (χ1) is 14.4. The Balaban J connectivity index is 1.65. The minimum Gasteiger partial charge on any atom is -0.489 e. The molecule has 0 bridgehead atoms. The van der Waals surface area contributed by atoms with Gasteiger partial charge in [-0.2, -0.15) is 0 Å². The van der Waals surface area contributed by atoms with Gasteiger partial charge in [0.1, 0.15) is 18.1 Å². The summed E-state index contributed by atoms with van der Waals surface area (Å²) in [5, 5.41) is 9.64. The number of ether oxygens (including phenoxy) is 1. The molecule has 0 unspecified atom stereocenters. The lowest BCUT2D eigenvalue weighted by atomic mass is 10.1. The van der Waals surface area contributed by atoms with Crippen LogP contribution >= 0.6 is 0 Å². The van der Waals surface area contributed by atoms with E-state index in [9.17, 15) is 9.59 Å². The summed E-state index contributed by atoms with van der Waals surface area (Å²) in [5.41, 5.74) is 4.35. The lowest BCUT2D eigenvalue weighted by Crippen LogP contribution is -2.15. The third-order valence-corrected chi connectivity index (χ3v) is 4.86. The topological polar surface area (TPSA) is 93.5 Å². The summed E-state index contributed by atoms with van der Waals surface area (Å²) in [7, 11) is 0. The van der Waals surface area contributed by atoms with Crippen LogP contribution in [0.1, 0.15) is 46.3 Å². The van der Waals surface area contributed by atoms with E-state index in [0.717, 1.165) is 22.6 Å². The van der Waals surface area contributed by atoms with Crippen molar-refractivity contribution in [3.63, 3.8) is 0 Å². The van der Waals surface area contributed by atoms with E-state index in [1.165, 1.54) is 0 Å². The molecule has 7 nitrogen and oxygen atoms in total. The van der Waals surface area contributed by atoms with Crippen molar-refractivity contribution in [2.45, 2.75) is 40.7 Å². The normalized spacial score (nSPS) is 10.5. The largest absolute Gasteiger partial charge is 0.489 e. The average molecular weight is 407 g/mol. The van der Waals surface area contributed by atoms with E-state index < -0.39 is 0 Å². The standard InChI is InChI=1S/C23H25N3O4/c1-5-22(27)24-20-7-6-8-21(14(20)2)25-23(28)17-9-11-18(12-10-17)29-13-19-15(3)26-30-16(19)4/h6-12H,5,13H2,1-4H3,(H,24,27)(H,25,28). The van der Waals surface area contributed by atoms with Crippen molar-refractivity contribution >= 4 is 23.2 Å². The fourth-order valence-corrected chi connectivity index (χ4v) is 2.91. The molecule has 0 radical (unpaired) electrons. The van der Waals surface area contributed by atoms with E-state index in [4.69, 9.17) is 9.26 Å². The molecule has 1 heterocycles. The lowest BCUT2D eigenvalue weighted by Gasteiger charge is -2.13. The maximum atomic E-state index is 12.6. The summed E-state index contributed by atoms with van der Waals surface area (Å²) >= 11 is 0. The van der Waals surface area contributed by atoms with Gasteiger partial charge in [-0.3, -0.25) is 9.59 Å². The van der Waals surface area contributed by atoms with E-state index in [2.05, 4.69) is 15.8 Å². The van der Waals surface area contributed by atoms with Crippen LogP contribution in [0.4, 0.5) is 11.4 Å². The molecule has 3 rings (SSSR count). The molecule has 0 spiro atoms. The predicted molar refractivity (Wildman–Crippen MR) is 115 cm³/mol. The molecule has 0 atom stereocenters. The molecule has 2 amide bonds. The average Bonchev–Trinajstić information content (AvgIpc) is 3.07. The number of nitrogens with one attached hydrogen (secondary N) is 2. The van der Waals surface area contributed by atoms with Crippen molar-refractivity contribution in [2.24, 2.45) is 0 Å². The molecule has 3 aromatic rings. The maximum Gasteiger partial charge on any atom is 0.255 e. The minimum atomic E-state index is -0.241. The minimum absolute atomic E-state index is 0.0752. The van der Waals surface area contributed by atoms with Gasteiger partial charge in [-0.25, -0.2) is 0 Å². The number of hydrogen-bond donors (Lipinski definition) is 2. The van der Waals surface area contributed by atoms with Crippen LogP contribution < -0.4 is 15.4 Å². The van der Waals surface area contributed by atoms with Crippen molar-refractivity contribution in [1.29, 1.82) is 0 Å². The summed E-state index contributed by atoms with van der Waals surface area (Å²) in [6.07, 6.45) is 0.390. The molecule has 1 aromatic heterocycles. The second-order valence-corrected chi connectivity index (χ2v) is 6.95. The highest BCUT2D eigenvalue weighted by Crippen LogP contribution is 2.24. The highest BCUT2D eigenvalue weighted by Gasteiger charge is 2.12. The van der Waals surface area contributed by atoms with Crippen LogP contribution in [-0.4, -0.2) is 17.0 Å². The number of carbonyl (C=O) groups is 2. The Morgan fingerprint density at radius 3 is 2.27 bits per heavy atom. The number of amides is 2. The number of carbonyl (C=O) groups excluding carboxylic acids is 2. The molecule has 2 N–H and O–H groups in total. The lowest BCUT2D eigenvalue weighted by molar-refractivity contribution is -0.115. The second kappa shape index (κ2) is 9.26. The highest BCUT2D eigenvalue weighted by molar-refractivity contribution is 6.05. The number of rotatable bonds is 7. The molecule has 0 aliphatic rings. The maximum absolute atomic E-state index is 12.6. The van der Waals surface area contributed by atoms with Gasteiger partial charge in [-0.05, 0) is 62.7 Å². The molecular weight excluding hydrogens is 382 g/mol. The fraction of sp³-hybridized carbons (Fsp3) is 0.261. The molecule has 156 valence electrons. The van der Waals surface area contributed by atoms with Crippen molar-refractivity contribution in [3.8, 4) is 5.75 Å². The zero-order valence-corrected chi connectivity index (χ0v) is 17.5. The van der Waals surface area contributed by atoms with Gasteiger partial charge in [0.2, 0.25) is 5.91 Å². The predicted octanol–water partition coefficient (Wildman–Crippen LogP) is 4.78. The zero-order valence-electron chi connectivity index (χ0n) is 17.5. The molecule has 0 aliphatic carbocycles. The van der Waals surface area contributed by atoms with Crippen molar-refractivity contribution in [3.05, 3.63) is 70.6 Å². The number of aromatic nitrogens is 1. The number of benzene rings is 2. The molecule has 0 saturated heterocycles. The Kier molecular flexibility index (Phi) is 6.51. The number of anilines is 2. The van der Waals surface area contributed by atoms with Gasteiger partial charge in [0, 0.05) is 23.4 Å². The van der Waals surface area contributed by atoms with Crippen LogP contribution in [0.2, 0.25) is 0 Å². The Morgan fingerprint density at radius 2 is 1.67 bits per heavy atom. The van der Waals surface area contributed by atoms with Crippen molar-refractivity contribution in [1.82, 2.24) is 5.16 Å². The molecule has 7 heteroatoms. The van der Waals surface area contributed by atoms with E-state index in [-0.39, 0.29) is 11.8 Å². The first-order valence-electron chi connectivity index (χ1n) is 9.74. The quantitative estimate of drug-likeness (QED) is 0.588. The smallest absolute Gasteiger partial charge is 0.255 e. The fourth-order valence-electron chi connectivity index (χ4n) is 2.91. The van der Waals surface area contributed by atoms with Crippen molar-refractivity contribution < 1.29 is 18.8 Å². The molecule has 0 fully saturated rings. The zero-order chi connectivity index (χ0) is 21.7. The number of hydrogen-bond acceptors (Lipinski definition) is 5. The molecule has 2 aromatic carbocycles. The SMILES string of the molecule is CCC(=O)Nc1cccc(NC(=O)c2ccc(OCc3c(C)noc3C)cc2)c1C. The third-order valence-electron chi connectivity index (χ3n) is 4.86. The summed E-state index contributed by atoms with van der Waals surface area (Å²) in [6.45, 7) is 7.71. The summed E-state index contributed by atoms with van der Waals surface area (Å²) in [4.78, 5) is 24.3. The van der Waals surface area contributed by atoms with Crippen LogP contribution in [0.3, 0.4) is 0 Å². The Bertz CT molecular complexity index is 1040. The molecule has 30 heavy (non-hydrogen) atoms. The van der Waals surface area contributed by atoms with Gasteiger partial charge in [-0.1, -0.05) is 18.1 Å². The monoisotopic (exact) mass is 407 g/mol. The summed E-state index contributed by atoms with van der Waals surface area (Å²) in [6, 6.07) is 12.3. The van der Waals surface area contributed by atoms with Gasteiger partial charge in [0.25, 0.3) is 5.91 Å². The summed E-state index contributed by atoms with van der Waals surface area (Å²) < 4.78 is 10.9. The third kappa shape index (κ3) is 4.86.